The fourth-order valence-corrected chi connectivity index (χ4v) is 4.47. The first-order valence-electron chi connectivity index (χ1n) is 13.6. The van der Waals surface area contributed by atoms with Crippen LogP contribution < -0.4 is 5.46 Å². The molecule has 0 radical (unpaired) electrons. The van der Waals surface area contributed by atoms with Crippen LogP contribution in [0.25, 0.3) is 33.6 Å². The second-order valence-electron chi connectivity index (χ2n) is 9.57. The van der Waals surface area contributed by atoms with Gasteiger partial charge in [-0.3, -0.25) is 9.97 Å². The Balaban J connectivity index is 0.000000185. The average molecular weight is 587 g/mol. The maximum Gasteiger partial charge on any atom is 0.488 e. The van der Waals surface area contributed by atoms with Gasteiger partial charge in [-0.1, -0.05) is 134 Å². The fraction of sp³-hybridized carbons (Fsp3) is 0.0811. The lowest BCUT2D eigenvalue weighted by Gasteiger charge is -2.07. The number of nitrogens with zero attached hydrogens (tertiary/aromatic N) is 2. The van der Waals surface area contributed by atoms with E-state index < -0.39 is 7.12 Å². The van der Waals surface area contributed by atoms with Crippen LogP contribution in [-0.4, -0.2) is 27.1 Å². The largest absolute Gasteiger partial charge is 0.488 e. The molecule has 4 aromatic carbocycles. The minimum Gasteiger partial charge on any atom is -0.423 e. The van der Waals surface area contributed by atoms with Gasteiger partial charge < -0.3 is 10.0 Å². The van der Waals surface area contributed by atoms with E-state index in [1.165, 1.54) is 16.7 Å². The minimum absolute atomic E-state index is 0. The maximum absolute atomic E-state index is 8.76. The molecule has 0 aliphatic carbocycles. The van der Waals surface area contributed by atoms with Gasteiger partial charge in [0.05, 0.1) is 11.4 Å². The van der Waals surface area contributed by atoms with Crippen LogP contribution in [0.5, 0.6) is 0 Å². The van der Waals surface area contributed by atoms with Crippen molar-refractivity contribution in [1.82, 2.24) is 9.97 Å². The molecule has 0 atom stereocenters. The number of benzene rings is 4. The summed E-state index contributed by atoms with van der Waals surface area (Å²) in [5, 5.41) is 18.2. The van der Waals surface area contributed by atoms with Gasteiger partial charge in [-0.05, 0) is 60.3 Å². The summed E-state index contributed by atoms with van der Waals surface area (Å²) < 4.78 is 0. The zero-order chi connectivity index (χ0) is 29.7. The van der Waals surface area contributed by atoms with E-state index in [1.807, 2.05) is 79.9 Å². The maximum atomic E-state index is 8.76. The lowest BCUT2D eigenvalue weighted by Crippen LogP contribution is -2.31. The van der Waals surface area contributed by atoms with Gasteiger partial charge in [-0.2, -0.15) is 0 Å². The molecule has 6 rings (SSSR count). The Morgan fingerprint density at radius 2 is 1.02 bits per heavy atom. The summed E-state index contributed by atoms with van der Waals surface area (Å²) in [4.78, 5) is 8.69. The quantitative estimate of drug-likeness (QED) is 0.203. The minimum atomic E-state index is -1.35. The van der Waals surface area contributed by atoms with Crippen LogP contribution in [0.1, 0.15) is 18.6 Å². The Kier molecular flexibility index (Phi) is 12.9. The third-order valence-corrected chi connectivity index (χ3v) is 6.78. The summed E-state index contributed by atoms with van der Waals surface area (Å²) in [5.41, 5.74) is 9.40. The van der Waals surface area contributed by atoms with E-state index in [9.17, 15) is 0 Å². The second-order valence-corrected chi connectivity index (χ2v) is 10.0. The molecule has 6 aromatic rings. The van der Waals surface area contributed by atoms with Crippen molar-refractivity contribution >= 4 is 24.2 Å². The molecule has 4 nitrogen and oxygen atoms in total. The van der Waals surface area contributed by atoms with Crippen molar-refractivity contribution in [2.75, 3.05) is 0 Å². The van der Waals surface area contributed by atoms with Gasteiger partial charge in [-0.15, -0.1) is 0 Å². The van der Waals surface area contributed by atoms with Crippen LogP contribution in [-0.2, 0) is 0 Å². The van der Waals surface area contributed by atoms with Crippen molar-refractivity contribution in [3.8, 4) is 33.6 Å². The highest BCUT2D eigenvalue weighted by atomic mass is 35.5. The Morgan fingerprint density at radius 3 is 1.53 bits per heavy atom. The highest BCUT2D eigenvalue weighted by Gasteiger charge is 2.11. The van der Waals surface area contributed by atoms with Crippen LogP contribution in [0.4, 0.5) is 0 Å². The van der Waals surface area contributed by atoms with Crippen molar-refractivity contribution < 1.29 is 10.0 Å². The first-order valence-corrected chi connectivity index (χ1v) is 14.0. The molecule has 0 unspecified atom stereocenters. The third-order valence-electron chi connectivity index (χ3n) is 6.54. The third kappa shape index (κ3) is 9.76. The molecule has 2 N–H and O–H groups in total. The van der Waals surface area contributed by atoms with Crippen molar-refractivity contribution in [2.45, 2.75) is 21.3 Å². The number of rotatable bonds is 4. The van der Waals surface area contributed by atoms with E-state index in [0.717, 1.165) is 28.1 Å². The molecule has 0 bridgehead atoms. The molecule has 2 heterocycles. The molecular formula is C37H36BClN2O2. The number of pyridine rings is 2. The van der Waals surface area contributed by atoms with E-state index in [0.29, 0.717) is 10.5 Å². The standard InChI is InChI=1S/C18H15N.C11H8ClN.C7H9BO2.CH4/c1-14-7-5-6-10-17(14)16-11-12-19-18(13-16)15-8-3-2-4-9-15;12-10-6-7-13-11(8-10)9-4-2-1-3-5-9;1-6-4-2-3-5-7(6)8(9)10;/h2-13H,1H3;1-8H;2-5,9-10H,1H3;1H4. The average Bonchev–Trinajstić information content (AvgIpc) is 3.03. The first-order chi connectivity index (χ1) is 20.4. The fourth-order valence-electron chi connectivity index (χ4n) is 4.31. The topological polar surface area (TPSA) is 66.2 Å². The summed E-state index contributed by atoms with van der Waals surface area (Å²) in [7, 11) is -1.35. The predicted molar refractivity (Wildman–Crippen MR) is 182 cm³/mol. The van der Waals surface area contributed by atoms with Gasteiger partial charge >= 0.3 is 7.12 Å². The summed E-state index contributed by atoms with van der Waals surface area (Å²) >= 11 is 5.85. The Hall–Kier alpha value is -4.55. The highest BCUT2D eigenvalue weighted by Crippen LogP contribution is 2.26. The van der Waals surface area contributed by atoms with Crippen LogP contribution in [0, 0.1) is 13.8 Å². The van der Waals surface area contributed by atoms with Crippen molar-refractivity contribution in [1.29, 1.82) is 0 Å². The van der Waals surface area contributed by atoms with Gasteiger partial charge in [0, 0.05) is 28.5 Å². The number of aromatic nitrogens is 2. The summed E-state index contributed by atoms with van der Waals surface area (Å²) in [6, 6.07) is 43.7. The van der Waals surface area contributed by atoms with Crippen LogP contribution in [0.3, 0.4) is 0 Å². The van der Waals surface area contributed by atoms with Gasteiger partial charge in [0.15, 0.2) is 0 Å². The van der Waals surface area contributed by atoms with Gasteiger partial charge in [-0.25, -0.2) is 0 Å². The van der Waals surface area contributed by atoms with Crippen molar-refractivity contribution in [2.24, 2.45) is 0 Å². The molecule has 0 saturated heterocycles. The smallest absolute Gasteiger partial charge is 0.423 e. The zero-order valence-corrected chi connectivity index (χ0v) is 24.4. The van der Waals surface area contributed by atoms with E-state index in [2.05, 4.69) is 65.4 Å². The number of hydrogen-bond donors (Lipinski definition) is 2. The van der Waals surface area contributed by atoms with E-state index in [1.54, 1.807) is 24.4 Å². The molecule has 43 heavy (non-hydrogen) atoms. The predicted octanol–water partition coefficient (Wildman–Crippen LogP) is 8.44. The molecular weight excluding hydrogens is 551 g/mol. The van der Waals surface area contributed by atoms with E-state index in [4.69, 9.17) is 21.6 Å². The van der Waals surface area contributed by atoms with Crippen LogP contribution >= 0.6 is 11.6 Å². The van der Waals surface area contributed by atoms with Crippen LogP contribution in [0.15, 0.2) is 146 Å². The molecule has 6 heteroatoms. The molecule has 0 aliphatic rings. The monoisotopic (exact) mass is 586 g/mol. The lowest BCUT2D eigenvalue weighted by molar-refractivity contribution is 0.425. The zero-order valence-electron chi connectivity index (χ0n) is 23.6. The molecule has 0 fully saturated rings. The Bertz CT molecular complexity index is 1700. The Labute approximate surface area is 260 Å². The molecule has 0 amide bonds. The number of halogens is 1. The Morgan fingerprint density at radius 1 is 0.535 bits per heavy atom. The molecule has 0 aliphatic heterocycles. The number of aryl methyl sites for hydroxylation is 2. The first kappa shape index (κ1) is 33.0. The van der Waals surface area contributed by atoms with Crippen molar-refractivity contribution in [3.63, 3.8) is 0 Å². The summed E-state index contributed by atoms with van der Waals surface area (Å²) in [6.45, 7) is 3.98. The van der Waals surface area contributed by atoms with E-state index >= 15 is 0 Å². The van der Waals surface area contributed by atoms with Gasteiger partial charge in [0.2, 0.25) is 0 Å². The van der Waals surface area contributed by atoms with Gasteiger partial charge in [0.25, 0.3) is 0 Å². The number of hydrogen-bond acceptors (Lipinski definition) is 4. The second kappa shape index (κ2) is 16.8. The molecule has 216 valence electrons. The van der Waals surface area contributed by atoms with Crippen molar-refractivity contribution in [3.05, 3.63) is 162 Å². The molecule has 2 aromatic heterocycles. The SMILES string of the molecule is C.Cc1ccccc1-c1ccnc(-c2ccccc2)c1.Cc1ccccc1B(O)O.Clc1ccnc(-c2ccccc2)c1. The molecule has 0 spiro atoms. The highest BCUT2D eigenvalue weighted by molar-refractivity contribution is 6.59. The lowest BCUT2D eigenvalue weighted by atomic mass is 9.77. The molecule has 0 saturated carbocycles. The summed E-state index contributed by atoms with van der Waals surface area (Å²) in [5.74, 6) is 0. The summed E-state index contributed by atoms with van der Waals surface area (Å²) in [6.07, 6.45) is 3.59. The van der Waals surface area contributed by atoms with Gasteiger partial charge in [0.1, 0.15) is 0 Å². The van der Waals surface area contributed by atoms with E-state index in [-0.39, 0.29) is 7.43 Å². The normalized spacial score (nSPS) is 9.79. The van der Waals surface area contributed by atoms with Crippen LogP contribution in [0.2, 0.25) is 5.02 Å².